The molecule has 0 saturated carbocycles. The number of allylic oxidation sites excluding steroid dienone is 1. The predicted octanol–water partition coefficient (Wildman–Crippen LogP) is 2.89. The maximum absolute atomic E-state index is 6.27. The number of aryl methyl sites for hydroxylation is 2. The number of anilines is 1. The van der Waals surface area contributed by atoms with Gasteiger partial charge in [-0.25, -0.2) is 15.0 Å². The lowest BCUT2D eigenvalue weighted by Crippen LogP contribution is -2.36. The highest BCUT2D eigenvalue weighted by Crippen LogP contribution is 2.30. The first-order chi connectivity index (χ1) is 16.9. The molecule has 0 amide bonds. The van der Waals surface area contributed by atoms with Crippen molar-refractivity contribution in [2.24, 2.45) is 17.8 Å². The van der Waals surface area contributed by atoms with Crippen LogP contribution in [0.25, 0.3) is 16.9 Å². The Kier molecular flexibility index (Phi) is 8.12. The number of likely N-dealkylation sites (N-methyl/N-ethyl adjacent to an activating group) is 1. The minimum absolute atomic E-state index is 0.428. The molecule has 0 spiro atoms. The van der Waals surface area contributed by atoms with E-state index in [1.165, 1.54) is 0 Å². The number of nitrogens with zero attached hydrogens (tertiary/aromatic N) is 6. The number of pyridine rings is 1. The summed E-state index contributed by atoms with van der Waals surface area (Å²) in [5.74, 6) is 1.45. The fraction of sp³-hybridized carbons (Fsp3) is 0.423. The van der Waals surface area contributed by atoms with Crippen LogP contribution < -0.4 is 10.6 Å². The number of hydrogen-bond acceptors (Lipinski definition) is 8. The fourth-order valence-corrected chi connectivity index (χ4v) is 3.93. The van der Waals surface area contributed by atoms with Crippen LogP contribution in [0.4, 0.5) is 11.5 Å². The van der Waals surface area contributed by atoms with Gasteiger partial charge in [0, 0.05) is 44.7 Å². The molecule has 1 aliphatic heterocycles. The molecule has 2 aromatic heterocycles. The largest absolute Gasteiger partial charge is 0.398 e. The van der Waals surface area contributed by atoms with Crippen LogP contribution in [0.2, 0.25) is 0 Å². The van der Waals surface area contributed by atoms with Crippen LogP contribution in [0.1, 0.15) is 17.0 Å². The van der Waals surface area contributed by atoms with Crippen LogP contribution in [-0.4, -0.2) is 79.2 Å². The predicted molar refractivity (Wildman–Crippen MR) is 141 cm³/mol. The molecular formula is C26H35N7O2. The first kappa shape index (κ1) is 24.8. The van der Waals surface area contributed by atoms with Crippen LogP contribution in [-0.2, 0) is 23.1 Å². The molecule has 3 aromatic rings. The van der Waals surface area contributed by atoms with Gasteiger partial charge in [0.2, 0.25) is 0 Å². The van der Waals surface area contributed by atoms with Crippen molar-refractivity contribution in [1.82, 2.24) is 19.4 Å². The smallest absolute Gasteiger partial charge is 0.164 e. The van der Waals surface area contributed by atoms with Gasteiger partial charge in [-0.3, -0.25) is 0 Å². The lowest BCUT2D eigenvalue weighted by molar-refractivity contribution is 0.0992. The molecule has 1 aromatic carbocycles. The summed E-state index contributed by atoms with van der Waals surface area (Å²) in [5, 5.41) is 0. The summed E-state index contributed by atoms with van der Waals surface area (Å²) in [7, 11) is 6.03. The van der Waals surface area contributed by atoms with Gasteiger partial charge in [0.1, 0.15) is 17.9 Å². The van der Waals surface area contributed by atoms with E-state index in [2.05, 4.69) is 20.9 Å². The van der Waals surface area contributed by atoms with Gasteiger partial charge in [-0.1, -0.05) is 23.8 Å². The Balaban J connectivity index is 1.63. The number of aliphatic imine (C=N–C) groups is 1. The molecule has 1 saturated heterocycles. The van der Waals surface area contributed by atoms with Gasteiger partial charge >= 0.3 is 0 Å². The number of imidazole rings is 1. The van der Waals surface area contributed by atoms with E-state index < -0.39 is 0 Å². The number of nitrogens with two attached hydrogens (primary N) is 1. The van der Waals surface area contributed by atoms with Crippen molar-refractivity contribution in [2.75, 3.05) is 58.5 Å². The van der Waals surface area contributed by atoms with Crippen molar-refractivity contribution in [3.05, 3.63) is 53.4 Å². The molecule has 0 bridgehead atoms. The second kappa shape index (κ2) is 11.4. The lowest BCUT2D eigenvalue weighted by Gasteiger charge is -2.29. The summed E-state index contributed by atoms with van der Waals surface area (Å²) < 4.78 is 13.4. The van der Waals surface area contributed by atoms with E-state index in [0.29, 0.717) is 37.9 Å². The molecular weight excluding hydrogens is 442 g/mol. The maximum atomic E-state index is 6.27. The Hall–Kier alpha value is -3.27. The quantitative estimate of drug-likeness (QED) is 0.374. The zero-order chi connectivity index (χ0) is 24.8. The molecule has 4 rings (SSSR count). The van der Waals surface area contributed by atoms with Crippen molar-refractivity contribution >= 4 is 34.6 Å². The first-order valence-corrected chi connectivity index (χ1v) is 11.9. The average molecular weight is 478 g/mol. The van der Waals surface area contributed by atoms with Crippen LogP contribution in [0.3, 0.4) is 0 Å². The van der Waals surface area contributed by atoms with E-state index in [-0.39, 0.29) is 0 Å². The highest BCUT2D eigenvalue weighted by Gasteiger charge is 2.20. The number of morpholine rings is 1. The highest BCUT2D eigenvalue weighted by molar-refractivity contribution is 5.90. The number of fused-ring (bicyclic) bond motifs is 1. The summed E-state index contributed by atoms with van der Waals surface area (Å²) >= 11 is 0. The van der Waals surface area contributed by atoms with Crippen LogP contribution in [0.5, 0.6) is 0 Å². The van der Waals surface area contributed by atoms with Crippen LogP contribution in [0, 0.1) is 6.92 Å². The van der Waals surface area contributed by atoms with Gasteiger partial charge in [-0.2, -0.15) is 0 Å². The number of aromatic nitrogens is 3. The Bertz CT molecular complexity index is 1210. The molecule has 1 fully saturated rings. The second-order valence-electron chi connectivity index (χ2n) is 8.98. The van der Waals surface area contributed by atoms with Gasteiger partial charge in [0.25, 0.3) is 0 Å². The monoisotopic (exact) mass is 477 g/mol. The maximum Gasteiger partial charge on any atom is 0.164 e. The lowest BCUT2D eigenvalue weighted by atomic mass is 10.1. The van der Waals surface area contributed by atoms with Crippen molar-refractivity contribution in [2.45, 2.75) is 13.5 Å². The zero-order valence-electron chi connectivity index (χ0n) is 21.1. The van der Waals surface area contributed by atoms with E-state index in [1.54, 1.807) is 6.21 Å². The molecule has 9 heteroatoms. The molecule has 0 unspecified atom stereocenters. The van der Waals surface area contributed by atoms with Crippen molar-refractivity contribution < 1.29 is 9.47 Å². The third-order valence-corrected chi connectivity index (χ3v) is 5.96. The molecule has 3 heterocycles. The zero-order valence-corrected chi connectivity index (χ0v) is 21.1. The number of benzene rings is 1. The molecule has 0 atom stereocenters. The highest BCUT2D eigenvalue weighted by atomic mass is 16.5. The van der Waals surface area contributed by atoms with E-state index in [1.807, 2.05) is 63.0 Å². The summed E-state index contributed by atoms with van der Waals surface area (Å²) in [4.78, 5) is 18.7. The van der Waals surface area contributed by atoms with Gasteiger partial charge in [0.05, 0.1) is 25.5 Å². The van der Waals surface area contributed by atoms with Crippen molar-refractivity contribution in [1.29, 1.82) is 0 Å². The van der Waals surface area contributed by atoms with Gasteiger partial charge in [-0.05, 0) is 38.7 Å². The van der Waals surface area contributed by atoms with E-state index >= 15 is 0 Å². The number of ether oxygens (including phenoxy) is 2. The molecule has 186 valence electrons. The number of rotatable bonds is 9. The van der Waals surface area contributed by atoms with Crippen molar-refractivity contribution in [3.8, 4) is 0 Å². The fourth-order valence-electron chi connectivity index (χ4n) is 3.93. The second-order valence-corrected chi connectivity index (χ2v) is 8.98. The van der Waals surface area contributed by atoms with E-state index in [4.69, 9.17) is 25.2 Å². The van der Waals surface area contributed by atoms with Crippen LogP contribution >= 0.6 is 0 Å². The Morgan fingerprint density at radius 1 is 1.23 bits per heavy atom. The summed E-state index contributed by atoms with van der Waals surface area (Å²) in [6.07, 6.45) is 3.51. The molecule has 1 aliphatic rings. The molecule has 35 heavy (non-hydrogen) atoms. The van der Waals surface area contributed by atoms with Gasteiger partial charge in [-0.15, -0.1) is 0 Å². The van der Waals surface area contributed by atoms with E-state index in [9.17, 15) is 0 Å². The van der Waals surface area contributed by atoms with Crippen LogP contribution in [0.15, 0.2) is 41.4 Å². The number of hydrogen-bond donors (Lipinski definition) is 1. The molecule has 0 aliphatic carbocycles. The Labute approximate surface area is 206 Å². The summed E-state index contributed by atoms with van der Waals surface area (Å²) in [5.41, 5.74) is 11.7. The molecule has 2 N–H and O–H groups in total. The standard InChI is InChI=1S/C26H35N7O2/c1-19-6-5-7-20(16-19)21(27)8-9-28-23-17-22(33-11-14-34-15-12-33)25-26(29-23)32(4)24(30-25)18-35-13-10-31(2)3/h5-9,16-17H,10-15,18,27H2,1-4H3/b21-8-,28-9?. The molecule has 0 radical (unpaired) electrons. The summed E-state index contributed by atoms with van der Waals surface area (Å²) in [6, 6.07) is 10.1. The van der Waals surface area contributed by atoms with Gasteiger partial charge < -0.3 is 29.6 Å². The summed E-state index contributed by atoms with van der Waals surface area (Å²) in [6.45, 7) is 6.95. The molecule has 9 nitrogen and oxygen atoms in total. The Morgan fingerprint density at radius 3 is 2.77 bits per heavy atom. The minimum Gasteiger partial charge on any atom is -0.398 e. The topological polar surface area (TPSA) is 94.0 Å². The SMILES string of the molecule is Cc1cccc(/C(N)=C/C=Nc2cc(N3CCOCC3)c3nc(COCCN(C)C)n(C)c3n2)c1. The third kappa shape index (κ3) is 6.25. The first-order valence-electron chi connectivity index (χ1n) is 11.9. The Morgan fingerprint density at radius 2 is 2.03 bits per heavy atom. The normalized spacial score (nSPS) is 15.1. The third-order valence-electron chi connectivity index (χ3n) is 5.96. The van der Waals surface area contributed by atoms with Crippen molar-refractivity contribution in [3.63, 3.8) is 0 Å². The minimum atomic E-state index is 0.428. The van der Waals surface area contributed by atoms with E-state index in [0.717, 1.165) is 53.4 Å². The van der Waals surface area contributed by atoms with Gasteiger partial charge in [0.15, 0.2) is 11.5 Å². The average Bonchev–Trinajstić information content (AvgIpc) is 3.17.